The van der Waals surface area contributed by atoms with Crippen molar-refractivity contribution in [3.05, 3.63) is 70.8 Å². The second kappa shape index (κ2) is 6.02. The molecule has 0 heterocycles. The van der Waals surface area contributed by atoms with Gasteiger partial charge in [0.05, 0.1) is 5.71 Å². The average molecular weight is 264 g/mol. The Morgan fingerprint density at radius 2 is 1.40 bits per heavy atom. The first-order valence-electron chi connectivity index (χ1n) is 7.31. The molecule has 2 aromatic rings. The molecule has 0 radical (unpaired) electrons. The minimum Gasteiger partial charge on any atom is -0.330 e. The molecule has 1 aliphatic rings. The predicted molar refractivity (Wildman–Crippen MR) is 84.5 cm³/mol. The van der Waals surface area contributed by atoms with E-state index in [0.29, 0.717) is 6.54 Å². The number of benzene rings is 2. The minimum absolute atomic E-state index is 0.695. The van der Waals surface area contributed by atoms with Crippen LogP contribution in [0.1, 0.15) is 28.7 Å². The molecule has 0 aromatic heterocycles. The molecule has 0 aliphatic heterocycles. The van der Waals surface area contributed by atoms with E-state index < -0.39 is 0 Å². The lowest BCUT2D eigenvalue weighted by atomic mass is 9.98. The predicted octanol–water partition coefficient (Wildman–Crippen LogP) is 2.97. The van der Waals surface area contributed by atoms with Crippen molar-refractivity contribution in [2.45, 2.75) is 19.3 Å². The molecule has 2 nitrogen and oxygen atoms in total. The van der Waals surface area contributed by atoms with Crippen LogP contribution < -0.4 is 5.73 Å². The van der Waals surface area contributed by atoms with Gasteiger partial charge in [0.2, 0.25) is 0 Å². The number of nitrogens with zero attached hydrogens (tertiary/aromatic N) is 1. The second-order valence-electron chi connectivity index (χ2n) is 5.19. The van der Waals surface area contributed by atoms with E-state index in [-0.39, 0.29) is 0 Å². The molecule has 0 spiro atoms. The summed E-state index contributed by atoms with van der Waals surface area (Å²) in [7, 11) is 0. The van der Waals surface area contributed by atoms with E-state index in [0.717, 1.165) is 31.5 Å². The summed E-state index contributed by atoms with van der Waals surface area (Å²) in [5.74, 6) is 0. The Kier molecular flexibility index (Phi) is 3.93. The number of aryl methyl sites for hydroxylation is 2. The van der Waals surface area contributed by atoms with Crippen LogP contribution in [0.4, 0.5) is 0 Å². The molecule has 102 valence electrons. The standard InChI is InChI=1S/C18H20N2/c19-12-5-13-20-18-16-8-3-1-6-14(16)10-11-15-7-2-4-9-17(15)18/h1-4,6-9H,5,10-13,19H2. The van der Waals surface area contributed by atoms with Crippen molar-refractivity contribution in [1.29, 1.82) is 0 Å². The van der Waals surface area contributed by atoms with E-state index >= 15 is 0 Å². The molecule has 0 fully saturated rings. The monoisotopic (exact) mass is 264 g/mol. The molecular weight excluding hydrogens is 244 g/mol. The second-order valence-corrected chi connectivity index (χ2v) is 5.19. The topological polar surface area (TPSA) is 38.4 Å². The summed E-state index contributed by atoms with van der Waals surface area (Å²) in [5, 5.41) is 0. The zero-order chi connectivity index (χ0) is 13.8. The van der Waals surface area contributed by atoms with Crippen molar-refractivity contribution in [1.82, 2.24) is 0 Å². The summed E-state index contributed by atoms with van der Waals surface area (Å²) in [6.07, 6.45) is 3.11. The fourth-order valence-corrected chi connectivity index (χ4v) is 2.81. The zero-order valence-corrected chi connectivity index (χ0v) is 11.7. The van der Waals surface area contributed by atoms with E-state index in [9.17, 15) is 0 Å². The number of fused-ring (bicyclic) bond motifs is 2. The minimum atomic E-state index is 0.695. The third kappa shape index (κ3) is 2.52. The van der Waals surface area contributed by atoms with Gasteiger partial charge in [0.15, 0.2) is 0 Å². The highest BCUT2D eigenvalue weighted by Crippen LogP contribution is 2.25. The lowest BCUT2D eigenvalue weighted by Gasteiger charge is -2.10. The number of rotatable bonds is 3. The van der Waals surface area contributed by atoms with E-state index in [4.69, 9.17) is 10.7 Å². The van der Waals surface area contributed by atoms with Gasteiger partial charge in [-0.3, -0.25) is 4.99 Å². The number of hydrogen-bond donors (Lipinski definition) is 1. The SMILES string of the molecule is NCCCN=C1c2ccccc2CCc2ccccc21. The van der Waals surface area contributed by atoms with Gasteiger partial charge >= 0.3 is 0 Å². The Bertz CT molecular complexity index is 579. The van der Waals surface area contributed by atoms with Crippen LogP contribution in [0.5, 0.6) is 0 Å². The third-order valence-electron chi connectivity index (χ3n) is 3.84. The maximum Gasteiger partial charge on any atom is 0.0724 e. The summed E-state index contributed by atoms with van der Waals surface area (Å²) in [6.45, 7) is 1.49. The van der Waals surface area contributed by atoms with E-state index in [1.165, 1.54) is 22.3 Å². The van der Waals surface area contributed by atoms with Crippen molar-refractivity contribution in [3.63, 3.8) is 0 Å². The Morgan fingerprint density at radius 1 is 0.850 bits per heavy atom. The molecule has 0 unspecified atom stereocenters. The molecule has 0 saturated carbocycles. The van der Waals surface area contributed by atoms with Gasteiger partial charge in [-0.1, -0.05) is 48.5 Å². The van der Waals surface area contributed by atoms with Gasteiger partial charge in [-0.15, -0.1) is 0 Å². The Labute approximate surface area is 120 Å². The highest BCUT2D eigenvalue weighted by Gasteiger charge is 2.18. The molecule has 0 bridgehead atoms. The highest BCUT2D eigenvalue weighted by molar-refractivity contribution is 6.15. The normalized spacial score (nSPS) is 13.3. The van der Waals surface area contributed by atoms with Crippen molar-refractivity contribution >= 4 is 5.71 Å². The maximum atomic E-state index is 5.59. The number of hydrogen-bond acceptors (Lipinski definition) is 2. The molecule has 2 N–H and O–H groups in total. The van der Waals surface area contributed by atoms with Crippen molar-refractivity contribution in [2.75, 3.05) is 13.1 Å². The van der Waals surface area contributed by atoms with E-state index in [1.807, 2.05) is 0 Å². The first kappa shape index (κ1) is 13.1. The summed E-state index contributed by atoms with van der Waals surface area (Å²) in [5.41, 5.74) is 12.1. The first-order chi connectivity index (χ1) is 9.90. The fourth-order valence-electron chi connectivity index (χ4n) is 2.81. The van der Waals surface area contributed by atoms with Crippen LogP contribution in [0.15, 0.2) is 53.5 Å². The van der Waals surface area contributed by atoms with Gasteiger partial charge in [0.25, 0.3) is 0 Å². The van der Waals surface area contributed by atoms with E-state index in [2.05, 4.69) is 48.5 Å². The summed E-state index contributed by atoms with van der Waals surface area (Å²) in [6, 6.07) is 17.3. The molecule has 0 amide bonds. The van der Waals surface area contributed by atoms with Gasteiger partial charge in [-0.25, -0.2) is 0 Å². The van der Waals surface area contributed by atoms with Crippen molar-refractivity contribution in [3.8, 4) is 0 Å². The quantitative estimate of drug-likeness (QED) is 0.850. The summed E-state index contributed by atoms with van der Waals surface area (Å²) < 4.78 is 0. The maximum absolute atomic E-state index is 5.59. The smallest absolute Gasteiger partial charge is 0.0724 e. The molecule has 20 heavy (non-hydrogen) atoms. The first-order valence-corrected chi connectivity index (χ1v) is 7.31. The van der Waals surface area contributed by atoms with Crippen molar-refractivity contribution in [2.24, 2.45) is 10.7 Å². The third-order valence-corrected chi connectivity index (χ3v) is 3.84. The zero-order valence-electron chi connectivity index (χ0n) is 11.7. The van der Waals surface area contributed by atoms with Crippen LogP contribution in [-0.2, 0) is 12.8 Å². The number of nitrogens with two attached hydrogens (primary N) is 1. The van der Waals surface area contributed by atoms with Gasteiger partial charge in [0.1, 0.15) is 0 Å². The van der Waals surface area contributed by atoms with E-state index in [1.54, 1.807) is 0 Å². The van der Waals surface area contributed by atoms with Crippen molar-refractivity contribution < 1.29 is 0 Å². The largest absolute Gasteiger partial charge is 0.330 e. The highest BCUT2D eigenvalue weighted by atomic mass is 14.7. The lowest BCUT2D eigenvalue weighted by molar-refractivity contribution is 0.845. The van der Waals surface area contributed by atoms with Gasteiger partial charge in [-0.05, 0) is 36.9 Å². The fraction of sp³-hybridized carbons (Fsp3) is 0.278. The Balaban J connectivity index is 2.11. The van der Waals surface area contributed by atoms with Crippen LogP contribution >= 0.6 is 0 Å². The van der Waals surface area contributed by atoms with Crippen LogP contribution in [0.2, 0.25) is 0 Å². The van der Waals surface area contributed by atoms with Crippen LogP contribution in [-0.4, -0.2) is 18.8 Å². The van der Waals surface area contributed by atoms with Crippen LogP contribution in [0, 0.1) is 0 Å². The Morgan fingerprint density at radius 3 is 1.95 bits per heavy atom. The summed E-state index contributed by atoms with van der Waals surface area (Å²) >= 11 is 0. The average Bonchev–Trinajstić information content (AvgIpc) is 2.66. The Hall–Kier alpha value is -1.93. The lowest BCUT2D eigenvalue weighted by Crippen LogP contribution is -2.08. The van der Waals surface area contributed by atoms with Crippen LogP contribution in [0.25, 0.3) is 0 Å². The summed E-state index contributed by atoms with van der Waals surface area (Å²) in [4.78, 5) is 4.85. The molecule has 0 saturated heterocycles. The molecule has 1 aliphatic carbocycles. The van der Waals surface area contributed by atoms with Gasteiger partial charge in [-0.2, -0.15) is 0 Å². The molecule has 2 heteroatoms. The molecule has 0 atom stereocenters. The molecular formula is C18H20N2. The van der Waals surface area contributed by atoms with Gasteiger partial charge in [0, 0.05) is 17.7 Å². The molecule has 3 rings (SSSR count). The van der Waals surface area contributed by atoms with Crippen LogP contribution in [0.3, 0.4) is 0 Å². The molecule has 2 aromatic carbocycles. The number of aliphatic imine (C=N–C) groups is 1. The van der Waals surface area contributed by atoms with Gasteiger partial charge < -0.3 is 5.73 Å².